The van der Waals surface area contributed by atoms with Crippen molar-refractivity contribution in [2.24, 2.45) is 0 Å². The first-order chi connectivity index (χ1) is 9.86. The normalized spacial score (nSPS) is 12.0. The molecule has 3 nitrogen and oxygen atoms in total. The molecule has 21 heavy (non-hydrogen) atoms. The van der Waals surface area contributed by atoms with Gasteiger partial charge in [-0.1, -0.05) is 51.1 Å². The second-order valence-electron chi connectivity index (χ2n) is 6.61. The third kappa shape index (κ3) is 2.40. The molecule has 0 amide bonds. The number of anilines is 1. The van der Waals surface area contributed by atoms with E-state index in [4.69, 9.17) is 5.73 Å². The maximum atomic E-state index is 6.26. The molecule has 3 heteroatoms. The minimum Gasteiger partial charge on any atom is -0.383 e. The Morgan fingerprint density at radius 2 is 1.67 bits per heavy atom. The van der Waals surface area contributed by atoms with Gasteiger partial charge in [0.2, 0.25) is 0 Å². The maximum Gasteiger partial charge on any atom is 0.139 e. The van der Waals surface area contributed by atoms with Crippen molar-refractivity contribution in [1.82, 2.24) is 9.38 Å². The van der Waals surface area contributed by atoms with Crippen molar-refractivity contribution >= 4 is 11.5 Å². The van der Waals surface area contributed by atoms with Crippen LogP contribution in [0.25, 0.3) is 16.9 Å². The van der Waals surface area contributed by atoms with E-state index >= 15 is 0 Å². The zero-order valence-electron chi connectivity index (χ0n) is 13.0. The first-order valence-electron chi connectivity index (χ1n) is 7.21. The van der Waals surface area contributed by atoms with E-state index in [1.165, 1.54) is 11.1 Å². The average molecular weight is 279 g/mol. The summed E-state index contributed by atoms with van der Waals surface area (Å²) >= 11 is 0. The third-order valence-electron chi connectivity index (χ3n) is 3.83. The van der Waals surface area contributed by atoms with Crippen LogP contribution in [0.4, 0.5) is 5.82 Å². The summed E-state index contributed by atoms with van der Waals surface area (Å²) in [5, 5.41) is 0. The fourth-order valence-electron chi connectivity index (χ4n) is 2.51. The van der Waals surface area contributed by atoms with Crippen LogP contribution >= 0.6 is 0 Å². The SMILES string of the molecule is Cc1ccc2nc(-c3ccc(C(C)(C)C)cc3)c(N)n2c1. The van der Waals surface area contributed by atoms with Crippen molar-refractivity contribution in [2.45, 2.75) is 33.1 Å². The second-order valence-corrected chi connectivity index (χ2v) is 6.61. The number of nitrogens with two attached hydrogens (primary N) is 1. The number of hydrogen-bond donors (Lipinski definition) is 1. The fourth-order valence-corrected chi connectivity index (χ4v) is 2.51. The first kappa shape index (κ1) is 13.7. The summed E-state index contributed by atoms with van der Waals surface area (Å²) in [5.41, 5.74) is 11.7. The molecule has 2 heterocycles. The van der Waals surface area contributed by atoms with Crippen LogP contribution in [0.2, 0.25) is 0 Å². The molecule has 108 valence electrons. The van der Waals surface area contributed by atoms with E-state index in [9.17, 15) is 0 Å². The van der Waals surface area contributed by atoms with Gasteiger partial charge in [-0.05, 0) is 29.5 Å². The lowest BCUT2D eigenvalue weighted by molar-refractivity contribution is 0.590. The number of hydrogen-bond acceptors (Lipinski definition) is 2. The van der Waals surface area contributed by atoms with Gasteiger partial charge >= 0.3 is 0 Å². The topological polar surface area (TPSA) is 43.3 Å². The molecule has 0 saturated heterocycles. The smallest absolute Gasteiger partial charge is 0.139 e. The van der Waals surface area contributed by atoms with Crippen molar-refractivity contribution in [1.29, 1.82) is 0 Å². The molecule has 0 aliphatic rings. The minimum absolute atomic E-state index is 0.153. The van der Waals surface area contributed by atoms with Gasteiger partial charge in [0, 0.05) is 11.8 Å². The summed E-state index contributed by atoms with van der Waals surface area (Å²) in [6, 6.07) is 12.6. The largest absolute Gasteiger partial charge is 0.383 e. The van der Waals surface area contributed by atoms with Crippen LogP contribution in [0.1, 0.15) is 31.9 Å². The quantitative estimate of drug-likeness (QED) is 0.726. The number of nitrogens with zero attached hydrogens (tertiary/aromatic N) is 2. The van der Waals surface area contributed by atoms with Crippen LogP contribution in [-0.4, -0.2) is 9.38 Å². The van der Waals surface area contributed by atoms with Crippen LogP contribution in [0.5, 0.6) is 0 Å². The van der Waals surface area contributed by atoms with Crippen molar-refractivity contribution < 1.29 is 0 Å². The van der Waals surface area contributed by atoms with Crippen LogP contribution in [0.15, 0.2) is 42.6 Å². The summed E-state index contributed by atoms with van der Waals surface area (Å²) < 4.78 is 1.95. The van der Waals surface area contributed by atoms with Gasteiger partial charge in [-0.25, -0.2) is 4.98 Å². The lowest BCUT2D eigenvalue weighted by atomic mass is 9.86. The number of imidazole rings is 1. The van der Waals surface area contributed by atoms with Gasteiger partial charge in [-0.3, -0.25) is 4.40 Å². The highest BCUT2D eigenvalue weighted by Crippen LogP contribution is 2.29. The Labute approximate surface area is 125 Å². The third-order valence-corrected chi connectivity index (χ3v) is 3.83. The van der Waals surface area contributed by atoms with Crippen LogP contribution in [0, 0.1) is 6.92 Å². The van der Waals surface area contributed by atoms with Gasteiger partial charge < -0.3 is 5.73 Å². The Kier molecular flexibility index (Phi) is 3.01. The molecule has 0 aliphatic carbocycles. The van der Waals surface area contributed by atoms with Gasteiger partial charge in [0.25, 0.3) is 0 Å². The molecule has 1 aromatic carbocycles. The average Bonchev–Trinajstić information content (AvgIpc) is 2.75. The van der Waals surface area contributed by atoms with Gasteiger partial charge in [-0.15, -0.1) is 0 Å². The predicted octanol–water partition coefficient (Wildman–Crippen LogP) is 4.19. The van der Waals surface area contributed by atoms with E-state index in [2.05, 4.69) is 56.9 Å². The number of fused-ring (bicyclic) bond motifs is 1. The van der Waals surface area contributed by atoms with Crippen molar-refractivity contribution in [3.05, 3.63) is 53.7 Å². The molecule has 2 aromatic heterocycles. The molecular weight excluding hydrogens is 258 g/mol. The number of nitrogen functional groups attached to an aromatic ring is 1. The Balaban J connectivity index is 2.10. The summed E-state index contributed by atoms with van der Waals surface area (Å²) in [6.07, 6.45) is 2.02. The Hall–Kier alpha value is -2.29. The van der Waals surface area contributed by atoms with Crippen LogP contribution in [0.3, 0.4) is 0 Å². The zero-order valence-corrected chi connectivity index (χ0v) is 13.0. The van der Waals surface area contributed by atoms with E-state index in [1.54, 1.807) is 0 Å². The van der Waals surface area contributed by atoms with E-state index in [0.717, 1.165) is 16.9 Å². The summed E-state index contributed by atoms with van der Waals surface area (Å²) in [6.45, 7) is 8.69. The molecule has 0 unspecified atom stereocenters. The second kappa shape index (κ2) is 4.62. The number of aryl methyl sites for hydroxylation is 1. The highest BCUT2D eigenvalue weighted by Gasteiger charge is 2.15. The summed E-state index contributed by atoms with van der Waals surface area (Å²) in [7, 11) is 0. The monoisotopic (exact) mass is 279 g/mol. The molecule has 0 radical (unpaired) electrons. The standard InChI is InChI=1S/C18H21N3/c1-12-5-10-15-20-16(17(19)21(15)11-12)13-6-8-14(9-7-13)18(2,3)4/h5-11H,19H2,1-4H3. The molecule has 0 fully saturated rings. The first-order valence-corrected chi connectivity index (χ1v) is 7.21. The number of rotatable bonds is 1. The lowest BCUT2D eigenvalue weighted by Crippen LogP contribution is -2.10. The molecule has 0 spiro atoms. The van der Waals surface area contributed by atoms with E-state index in [0.29, 0.717) is 5.82 Å². The van der Waals surface area contributed by atoms with E-state index < -0.39 is 0 Å². The van der Waals surface area contributed by atoms with Gasteiger partial charge in [0.05, 0.1) is 0 Å². The Morgan fingerprint density at radius 3 is 2.29 bits per heavy atom. The van der Waals surface area contributed by atoms with Gasteiger partial charge in [-0.2, -0.15) is 0 Å². The fraction of sp³-hybridized carbons (Fsp3) is 0.278. The predicted molar refractivity (Wildman–Crippen MR) is 88.5 cm³/mol. The minimum atomic E-state index is 0.153. The van der Waals surface area contributed by atoms with E-state index in [-0.39, 0.29) is 5.41 Å². The molecule has 0 saturated carbocycles. The van der Waals surface area contributed by atoms with Crippen LogP contribution in [-0.2, 0) is 5.41 Å². The number of pyridine rings is 1. The van der Waals surface area contributed by atoms with Crippen molar-refractivity contribution in [3.8, 4) is 11.3 Å². The van der Waals surface area contributed by atoms with Gasteiger partial charge in [0.15, 0.2) is 0 Å². The van der Waals surface area contributed by atoms with Crippen molar-refractivity contribution in [3.63, 3.8) is 0 Å². The Bertz CT molecular complexity index is 790. The zero-order chi connectivity index (χ0) is 15.2. The number of benzene rings is 1. The molecular formula is C18H21N3. The highest BCUT2D eigenvalue weighted by molar-refractivity contribution is 5.75. The summed E-state index contributed by atoms with van der Waals surface area (Å²) in [4.78, 5) is 4.65. The lowest BCUT2D eigenvalue weighted by Gasteiger charge is -2.18. The van der Waals surface area contributed by atoms with Crippen molar-refractivity contribution in [2.75, 3.05) is 5.73 Å². The molecule has 3 aromatic rings. The molecule has 0 bridgehead atoms. The Morgan fingerprint density at radius 1 is 1.00 bits per heavy atom. The molecule has 3 rings (SSSR count). The highest BCUT2D eigenvalue weighted by atomic mass is 15.1. The molecule has 0 aliphatic heterocycles. The van der Waals surface area contributed by atoms with E-state index in [1.807, 2.05) is 22.7 Å². The molecule has 2 N–H and O–H groups in total. The van der Waals surface area contributed by atoms with Gasteiger partial charge in [0.1, 0.15) is 17.2 Å². The summed E-state index contributed by atoms with van der Waals surface area (Å²) in [5.74, 6) is 0.692. The number of aromatic nitrogens is 2. The maximum absolute atomic E-state index is 6.26. The van der Waals surface area contributed by atoms with Crippen LogP contribution < -0.4 is 5.73 Å². The molecule has 0 atom stereocenters.